The van der Waals surface area contributed by atoms with Crippen LogP contribution in [0.3, 0.4) is 0 Å². The van der Waals surface area contributed by atoms with Gasteiger partial charge in [-0.3, -0.25) is 0 Å². The second-order valence-electron chi connectivity index (χ2n) is 16.1. The van der Waals surface area contributed by atoms with Gasteiger partial charge in [-0.15, -0.1) is 0 Å². The predicted octanol–water partition coefficient (Wildman–Crippen LogP) is 8.52. The van der Waals surface area contributed by atoms with E-state index in [9.17, 15) is 27.4 Å². The van der Waals surface area contributed by atoms with Gasteiger partial charge in [-0.05, 0) is 137 Å². The van der Waals surface area contributed by atoms with Gasteiger partial charge in [0.05, 0.1) is 21.3 Å². The van der Waals surface area contributed by atoms with Crippen LogP contribution in [0, 0.1) is 40.9 Å². The van der Waals surface area contributed by atoms with Gasteiger partial charge in [0.1, 0.15) is 0 Å². The van der Waals surface area contributed by atoms with Crippen LogP contribution in [0.5, 0.6) is 0 Å². The summed E-state index contributed by atoms with van der Waals surface area (Å²) < 4.78 is 56.2. The van der Waals surface area contributed by atoms with Crippen LogP contribution >= 0.6 is 0 Å². The van der Waals surface area contributed by atoms with Crippen LogP contribution in [0.4, 0.5) is 8.78 Å². The normalized spacial score (nSPS) is 39.3. The summed E-state index contributed by atoms with van der Waals surface area (Å²) >= 11 is 0. The molecular weight excluding hydrogens is 578 g/mol. The van der Waals surface area contributed by atoms with Crippen molar-refractivity contribution in [1.29, 1.82) is 0 Å². The van der Waals surface area contributed by atoms with Gasteiger partial charge in [0.25, 0.3) is 0 Å². The number of alkyl halides is 2. The Labute approximate surface area is 264 Å². The third-order valence-corrected chi connectivity index (χ3v) is 15.8. The number of rotatable bonds is 8. The van der Waals surface area contributed by atoms with Crippen molar-refractivity contribution in [2.24, 2.45) is 40.9 Å². The minimum atomic E-state index is -3.76. The second-order valence-corrected chi connectivity index (χ2v) is 18.3. The van der Waals surface area contributed by atoms with Gasteiger partial charge in [0, 0.05) is 12.8 Å². The highest BCUT2D eigenvalue weighted by Crippen LogP contribution is 2.65. The zero-order chi connectivity index (χ0) is 31.5. The van der Waals surface area contributed by atoms with Gasteiger partial charge in [0.15, 0.2) is 9.84 Å². The van der Waals surface area contributed by atoms with Gasteiger partial charge in [-0.1, -0.05) is 50.6 Å². The van der Waals surface area contributed by atoms with E-state index in [-0.39, 0.29) is 35.5 Å². The standard InChI is InChI=1S/C37H54F2O4S/c1-4-35(40)17-15-29-26(23-35)10-11-31-30(29)14-16-34(3)32(12-13-33(31)34)25(2)22-28(44(42,43)27-8-6-5-7-9-27)24-36(41)18-20-37(38,39)21-19-36/h5-10,25,28-33,40-41H,4,11-24H2,1-3H3/t25-,28?,29+,30?,31-,32-,33+,34-,35+/m1/s1. The van der Waals surface area contributed by atoms with E-state index in [2.05, 4.69) is 26.8 Å². The Morgan fingerprint density at radius 1 is 0.909 bits per heavy atom. The number of fused-ring (bicyclic) bond motifs is 5. The lowest BCUT2D eigenvalue weighted by atomic mass is 9.50. The van der Waals surface area contributed by atoms with Gasteiger partial charge >= 0.3 is 0 Å². The third-order valence-electron chi connectivity index (χ3n) is 13.7. The van der Waals surface area contributed by atoms with Gasteiger partial charge < -0.3 is 10.2 Å². The Bertz CT molecular complexity index is 1320. The van der Waals surface area contributed by atoms with E-state index < -0.39 is 45.1 Å². The van der Waals surface area contributed by atoms with Crippen molar-refractivity contribution in [3.8, 4) is 0 Å². The van der Waals surface area contributed by atoms with Crippen LogP contribution in [0.15, 0.2) is 46.9 Å². The van der Waals surface area contributed by atoms with Crippen molar-refractivity contribution < 1.29 is 27.4 Å². The maximum absolute atomic E-state index is 14.1. The monoisotopic (exact) mass is 632 g/mol. The van der Waals surface area contributed by atoms with E-state index in [1.54, 1.807) is 30.3 Å². The first-order chi connectivity index (χ1) is 20.7. The van der Waals surface area contributed by atoms with Crippen molar-refractivity contribution in [2.45, 2.75) is 144 Å². The molecule has 0 heterocycles. The number of allylic oxidation sites excluding steroid dienone is 1. The summed E-state index contributed by atoms with van der Waals surface area (Å²) in [6.07, 6.45) is 11.4. The number of hydrogen-bond acceptors (Lipinski definition) is 4. The summed E-state index contributed by atoms with van der Waals surface area (Å²) in [6, 6.07) is 8.49. The van der Waals surface area contributed by atoms with Crippen molar-refractivity contribution in [3.05, 3.63) is 42.0 Å². The van der Waals surface area contributed by atoms with E-state index in [1.807, 2.05) is 0 Å². The molecule has 0 bridgehead atoms. The molecule has 0 amide bonds. The molecule has 2 N–H and O–H groups in total. The van der Waals surface area contributed by atoms with Crippen molar-refractivity contribution in [3.63, 3.8) is 0 Å². The molecule has 5 aliphatic rings. The summed E-state index contributed by atoms with van der Waals surface area (Å²) in [5, 5.41) is 21.7. The minimum absolute atomic E-state index is 0.0154. The number of sulfone groups is 1. The van der Waals surface area contributed by atoms with Crippen molar-refractivity contribution in [2.75, 3.05) is 0 Å². The predicted molar refractivity (Wildman–Crippen MR) is 170 cm³/mol. The molecule has 0 aromatic heterocycles. The van der Waals surface area contributed by atoms with Crippen LogP contribution in [0.1, 0.15) is 117 Å². The molecule has 9 atom stereocenters. The van der Waals surface area contributed by atoms with Crippen LogP contribution in [-0.4, -0.2) is 41.0 Å². The topological polar surface area (TPSA) is 74.6 Å². The van der Waals surface area contributed by atoms with Crippen LogP contribution in [0.2, 0.25) is 0 Å². The molecular formula is C37H54F2O4S. The molecule has 7 heteroatoms. The average molecular weight is 633 g/mol. The molecule has 1 aromatic rings. The van der Waals surface area contributed by atoms with E-state index in [4.69, 9.17) is 0 Å². The van der Waals surface area contributed by atoms with Crippen molar-refractivity contribution in [1.82, 2.24) is 0 Å². The number of hydrogen-bond donors (Lipinski definition) is 2. The number of aliphatic hydroxyl groups is 2. The average Bonchev–Trinajstić information content (AvgIpc) is 3.36. The Hall–Kier alpha value is -1.31. The molecule has 0 radical (unpaired) electrons. The molecule has 4 fully saturated rings. The molecule has 0 spiro atoms. The molecule has 4 saturated carbocycles. The van der Waals surface area contributed by atoms with Crippen LogP contribution in [0.25, 0.3) is 0 Å². The first-order valence-electron chi connectivity index (χ1n) is 17.5. The fourth-order valence-corrected chi connectivity index (χ4v) is 13.1. The van der Waals surface area contributed by atoms with Gasteiger partial charge in [0.2, 0.25) is 5.92 Å². The third kappa shape index (κ3) is 5.96. The quantitative estimate of drug-likeness (QED) is 0.282. The summed E-state index contributed by atoms with van der Waals surface area (Å²) in [5.74, 6) is 0.313. The highest BCUT2D eigenvalue weighted by atomic mass is 32.2. The summed E-state index contributed by atoms with van der Waals surface area (Å²) in [5.41, 5.74) is -0.269. The second kappa shape index (κ2) is 11.7. The first-order valence-corrected chi connectivity index (χ1v) is 19.0. The highest BCUT2D eigenvalue weighted by Gasteiger charge is 2.57. The first kappa shape index (κ1) is 32.6. The van der Waals surface area contributed by atoms with E-state index in [0.29, 0.717) is 36.0 Å². The zero-order valence-electron chi connectivity index (χ0n) is 27.0. The van der Waals surface area contributed by atoms with E-state index >= 15 is 0 Å². The number of benzene rings is 1. The molecule has 6 rings (SSSR count). The highest BCUT2D eigenvalue weighted by molar-refractivity contribution is 7.92. The van der Waals surface area contributed by atoms with E-state index in [1.165, 1.54) is 18.4 Å². The largest absolute Gasteiger partial charge is 0.390 e. The number of halogens is 2. The van der Waals surface area contributed by atoms with Gasteiger partial charge in [-0.25, -0.2) is 17.2 Å². The molecule has 2 unspecified atom stereocenters. The zero-order valence-corrected chi connectivity index (χ0v) is 27.8. The summed E-state index contributed by atoms with van der Waals surface area (Å²) in [4.78, 5) is 0.255. The molecule has 0 aliphatic heterocycles. The lowest BCUT2D eigenvalue weighted by Gasteiger charge is -2.55. The molecule has 44 heavy (non-hydrogen) atoms. The Kier molecular flexibility index (Phi) is 8.70. The lowest BCUT2D eigenvalue weighted by molar-refractivity contribution is -0.107. The Balaban J connectivity index is 1.21. The maximum Gasteiger partial charge on any atom is 0.248 e. The summed E-state index contributed by atoms with van der Waals surface area (Å²) in [6.45, 7) is 6.78. The van der Waals surface area contributed by atoms with Gasteiger partial charge in [-0.2, -0.15) is 0 Å². The van der Waals surface area contributed by atoms with Crippen molar-refractivity contribution >= 4 is 9.84 Å². The van der Waals surface area contributed by atoms with E-state index in [0.717, 1.165) is 44.9 Å². The molecule has 4 nitrogen and oxygen atoms in total. The van der Waals surface area contributed by atoms with Crippen LogP contribution in [-0.2, 0) is 9.84 Å². The van der Waals surface area contributed by atoms with Crippen LogP contribution < -0.4 is 0 Å². The Morgan fingerprint density at radius 3 is 2.30 bits per heavy atom. The molecule has 1 aromatic carbocycles. The summed E-state index contributed by atoms with van der Waals surface area (Å²) in [7, 11) is -3.76. The molecule has 246 valence electrons. The fraction of sp³-hybridized carbons (Fsp3) is 0.784. The fourth-order valence-electron chi connectivity index (χ4n) is 11.1. The maximum atomic E-state index is 14.1. The SMILES string of the molecule is CC[C@]1(O)CC[C@H]2C(=CC[C@@H]3C2CC[C@]2(C)[C@@H]([C@H](C)CC(CC4(O)CCC(F)(F)CC4)S(=O)(=O)c4ccccc4)CC[C@@H]32)C1. The molecule has 0 saturated heterocycles. The minimum Gasteiger partial charge on any atom is -0.390 e. The smallest absolute Gasteiger partial charge is 0.248 e. The lowest BCUT2D eigenvalue weighted by Crippen LogP contribution is -2.48. The molecule has 5 aliphatic carbocycles. The Morgan fingerprint density at radius 2 is 1.61 bits per heavy atom.